The second kappa shape index (κ2) is 6.72. The van der Waals surface area contributed by atoms with Gasteiger partial charge in [0.05, 0.1) is 0 Å². The third-order valence-electron chi connectivity index (χ3n) is 4.54. The van der Waals surface area contributed by atoms with Crippen LogP contribution < -0.4 is 5.32 Å². The lowest BCUT2D eigenvalue weighted by Gasteiger charge is -2.05. The maximum absolute atomic E-state index is 12.5. The molecule has 4 rings (SSSR count). The van der Waals surface area contributed by atoms with E-state index in [1.807, 2.05) is 62.4 Å². The van der Waals surface area contributed by atoms with Crippen molar-refractivity contribution in [1.29, 1.82) is 0 Å². The Morgan fingerprint density at radius 2 is 1.74 bits per heavy atom. The van der Waals surface area contributed by atoms with Crippen LogP contribution in [-0.4, -0.2) is 10.9 Å². The number of aromatic nitrogens is 1. The molecule has 1 heterocycles. The predicted molar refractivity (Wildman–Crippen MR) is 108 cm³/mol. The average Bonchev–Trinajstić information content (AvgIpc) is 3.04. The molecular weight excluding hydrogens is 336 g/mol. The number of hydrogen-bond donors (Lipinski definition) is 1. The number of nitrogens with zero attached hydrogens (tertiary/aromatic N) is 1. The zero-order valence-corrected chi connectivity index (χ0v) is 15.5. The van der Waals surface area contributed by atoms with Crippen LogP contribution in [0.4, 0.5) is 5.69 Å². The van der Waals surface area contributed by atoms with Gasteiger partial charge in [-0.3, -0.25) is 4.79 Å². The Morgan fingerprint density at radius 1 is 0.926 bits per heavy atom. The first-order valence-electron chi connectivity index (χ1n) is 8.86. The van der Waals surface area contributed by atoms with E-state index in [9.17, 15) is 4.79 Å². The molecule has 0 saturated carbocycles. The van der Waals surface area contributed by atoms with Crippen LogP contribution in [0.5, 0.6) is 0 Å². The fraction of sp³-hybridized carbons (Fsp3) is 0.130. The molecule has 0 unspecified atom stereocenters. The van der Waals surface area contributed by atoms with E-state index in [-0.39, 0.29) is 5.91 Å². The topological polar surface area (TPSA) is 55.1 Å². The third-order valence-corrected chi connectivity index (χ3v) is 4.54. The number of carbonyl (C=O) groups is 1. The number of anilines is 1. The Labute approximate surface area is 157 Å². The van der Waals surface area contributed by atoms with Crippen molar-refractivity contribution in [2.75, 3.05) is 5.32 Å². The average molecular weight is 356 g/mol. The zero-order valence-electron chi connectivity index (χ0n) is 15.5. The second-order valence-electron chi connectivity index (χ2n) is 6.84. The summed E-state index contributed by atoms with van der Waals surface area (Å²) in [6.45, 7) is 6.07. The highest BCUT2D eigenvalue weighted by Crippen LogP contribution is 2.28. The third kappa shape index (κ3) is 3.47. The van der Waals surface area contributed by atoms with Crippen molar-refractivity contribution in [2.45, 2.75) is 20.8 Å². The van der Waals surface area contributed by atoms with E-state index in [4.69, 9.17) is 4.42 Å². The van der Waals surface area contributed by atoms with E-state index in [1.54, 1.807) is 6.07 Å². The molecule has 4 aromatic rings. The van der Waals surface area contributed by atoms with Gasteiger partial charge in [-0.25, -0.2) is 4.98 Å². The number of fused-ring (bicyclic) bond motifs is 1. The van der Waals surface area contributed by atoms with Gasteiger partial charge in [0.2, 0.25) is 5.89 Å². The second-order valence-corrected chi connectivity index (χ2v) is 6.84. The number of oxazole rings is 1. The molecule has 3 aromatic carbocycles. The number of nitrogens with one attached hydrogen (secondary N) is 1. The molecule has 4 heteroatoms. The van der Waals surface area contributed by atoms with Gasteiger partial charge >= 0.3 is 0 Å². The first-order valence-corrected chi connectivity index (χ1v) is 8.86. The van der Waals surface area contributed by atoms with Crippen molar-refractivity contribution in [3.05, 3.63) is 82.9 Å². The molecule has 1 aromatic heterocycles. The Morgan fingerprint density at radius 3 is 2.52 bits per heavy atom. The Bertz CT molecular complexity index is 1160. The molecule has 27 heavy (non-hydrogen) atoms. The number of carbonyl (C=O) groups excluding carboxylic acids is 1. The Kier molecular flexibility index (Phi) is 4.24. The molecule has 0 spiro atoms. The summed E-state index contributed by atoms with van der Waals surface area (Å²) >= 11 is 0. The molecule has 4 nitrogen and oxygen atoms in total. The van der Waals surface area contributed by atoms with Crippen LogP contribution in [-0.2, 0) is 0 Å². The number of amides is 1. The van der Waals surface area contributed by atoms with Crippen LogP contribution >= 0.6 is 0 Å². The van der Waals surface area contributed by atoms with E-state index in [0.29, 0.717) is 28.2 Å². The van der Waals surface area contributed by atoms with Crippen LogP contribution in [0.15, 0.2) is 65.1 Å². The number of rotatable bonds is 3. The Balaban J connectivity index is 1.64. The van der Waals surface area contributed by atoms with Crippen molar-refractivity contribution in [1.82, 2.24) is 4.98 Å². The molecule has 1 N–H and O–H groups in total. The molecule has 0 atom stereocenters. The summed E-state index contributed by atoms with van der Waals surface area (Å²) in [5, 5.41) is 2.92. The minimum atomic E-state index is -0.142. The minimum absolute atomic E-state index is 0.142. The molecule has 0 fully saturated rings. The van der Waals surface area contributed by atoms with E-state index in [0.717, 1.165) is 16.7 Å². The van der Waals surface area contributed by atoms with Gasteiger partial charge in [-0.05, 0) is 62.7 Å². The van der Waals surface area contributed by atoms with Gasteiger partial charge in [-0.1, -0.05) is 35.4 Å². The van der Waals surface area contributed by atoms with Crippen molar-refractivity contribution < 1.29 is 9.21 Å². The van der Waals surface area contributed by atoms with Crippen LogP contribution in [0.3, 0.4) is 0 Å². The molecular formula is C23H20N2O2. The quantitative estimate of drug-likeness (QED) is 0.514. The SMILES string of the molecule is Cc1cccc(C(=O)Nc2ccc3oc(-c4ccc(C)cc4C)nc3c2)c1. The first kappa shape index (κ1) is 17.0. The van der Waals surface area contributed by atoms with Crippen molar-refractivity contribution in [2.24, 2.45) is 0 Å². The summed E-state index contributed by atoms with van der Waals surface area (Å²) in [5.74, 6) is 0.445. The molecule has 0 saturated heterocycles. The molecule has 1 amide bonds. The van der Waals surface area contributed by atoms with Gasteiger partial charge in [0.15, 0.2) is 5.58 Å². The van der Waals surface area contributed by atoms with E-state index >= 15 is 0 Å². The molecule has 0 radical (unpaired) electrons. The highest BCUT2D eigenvalue weighted by atomic mass is 16.3. The summed E-state index contributed by atoms with van der Waals surface area (Å²) in [5.41, 5.74) is 7.07. The lowest BCUT2D eigenvalue weighted by molar-refractivity contribution is 0.102. The maximum atomic E-state index is 12.5. The van der Waals surface area contributed by atoms with Crippen LogP contribution in [0.25, 0.3) is 22.6 Å². The molecule has 0 aliphatic rings. The van der Waals surface area contributed by atoms with Crippen molar-refractivity contribution >= 4 is 22.7 Å². The lowest BCUT2D eigenvalue weighted by Crippen LogP contribution is -2.11. The van der Waals surface area contributed by atoms with Gasteiger partial charge in [-0.15, -0.1) is 0 Å². The Hall–Kier alpha value is -3.40. The normalized spacial score (nSPS) is 10.9. The van der Waals surface area contributed by atoms with E-state index in [2.05, 4.69) is 23.3 Å². The van der Waals surface area contributed by atoms with Gasteiger partial charge in [0.25, 0.3) is 5.91 Å². The summed E-state index contributed by atoms with van der Waals surface area (Å²) in [4.78, 5) is 17.1. The number of benzene rings is 3. The van der Waals surface area contributed by atoms with Crippen molar-refractivity contribution in [3.63, 3.8) is 0 Å². The zero-order chi connectivity index (χ0) is 19.0. The molecule has 134 valence electrons. The standard InChI is InChI=1S/C23H20N2O2/c1-14-5-4-6-17(12-14)22(26)24-18-8-10-21-20(13-18)25-23(27-21)19-9-7-15(2)11-16(19)3/h4-13H,1-3H3,(H,24,26). The number of aryl methyl sites for hydroxylation is 3. The van der Waals surface area contributed by atoms with Crippen molar-refractivity contribution in [3.8, 4) is 11.5 Å². The smallest absolute Gasteiger partial charge is 0.255 e. The largest absolute Gasteiger partial charge is 0.436 e. The van der Waals surface area contributed by atoms with Crippen LogP contribution in [0.1, 0.15) is 27.0 Å². The van der Waals surface area contributed by atoms with E-state index in [1.165, 1.54) is 5.56 Å². The number of hydrogen-bond acceptors (Lipinski definition) is 3. The summed E-state index contributed by atoms with van der Waals surface area (Å²) < 4.78 is 5.91. The highest BCUT2D eigenvalue weighted by Gasteiger charge is 2.12. The summed E-state index contributed by atoms with van der Waals surface area (Å²) in [6.07, 6.45) is 0. The summed E-state index contributed by atoms with van der Waals surface area (Å²) in [6, 6.07) is 19.2. The van der Waals surface area contributed by atoms with Gasteiger partial charge in [0.1, 0.15) is 5.52 Å². The monoisotopic (exact) mass is 356 g/mol. The fourth-order valence-corrected chi connectivity index (χ4v) is 3.16. The van der Waals surface area contributed by atoms with Gasteiger partial charge < -0.3 is 9.73 Å². The van der Waals surface area contributed by atoms with Crippen LogP contribution in [0, 0.1) is 20.8 Å². The fourth-order valence-electron chi connectivity index (χ4n) is 3.16. The van der Waals surface area contributed by atoms with Gasteiger partial charge in [-0.2, -0.15) is 0 Å². The lowest BCUT2D eigenvalue weighted by atomic mass is 10.1. The van der Waals surface area contributed by atoms with Crippen LogP contribution in [0.2, 0.25) is 0 Å². The predicted octanol–water partition coefficient (Wildman–Crippen LogP) is 5.67. The minimum Gasteiger partial charge on any atom is -0.436 e. The molecule has 0 aliphatic heterocycles. The van der Waals surface area contributed by atoms with E-state index < -0.39 is 0 Å². The first-order chi connectivity index (χ1) is 13.0. The summed E-state index contributed by atoms with van der Waals surface area (Å²) in [7, 11) is 0. The van der Waals surface area contributed by atoms with Gasteiger partial charge in [0, 0.05) is 16.8 Å². The molecule has 0 aliphatic carbocycles. The maximum Gasteiger partial charge on any atom is 0.255 e. The molecule has 0 bridgehead atoms. The highest BCUT2D eigenvalue weighted by molar-refractivity contribution is 6.05.